The normalized spacial score (nSPS) is 19.3. The first-order valence-corrected chi connectivity index (χ1v) is 9.92. The molecule has 0 aromatic heterocycles. The van der Waals surface area contributed by atoms with Gasteiger partial charge in [-0.25, -0.2) is 0 Å². The van der Waals surface area contributed by atoms with Crippen LogP contribution in [-0.4, -0.2) is 49.0 Å². The molecule has 0 spiro atoms. The molecule has 0 saturated carbocycles. The van der Waals surface area contributed by atoms with Crippen molar-refractivity contribution in [2.24, 2.45) is 0 Å². The Bertz CT molecular complexity index is 692. The molecule has 140 valence electrons. The molecular formula is C21H26BrNO3. The van der Waals surface area contributed by atoms with Gasteiger partial charge in [-0.1, -0.05) is 47.1 Å². The minimum atomic E-state index is -0.526. The van der Waals surface area contributed by atoms with E-state index >= 15 is 0 Å². The van der Waals surface area contributed by atoms with Crippen LogP contribution in [0.4, 0.5) is 0 Å². The van der Waals surface area contributed by atoms with Crippen molar-refractivity contribution in [1.82, 2.24) is 4.90 Å². The van der Waals surface area contributed by atoms with E-state index in [9.17, 15) is 5.11 Å². The minimum absolute atomic E-state index is 0.0379. The van der Waals surface area contributed by atoms with Crippen LogP contribution in [0.2, 0.25) is 0 Å². The van der Waals surface area contributed by atoms with Crippen molar-refractivity contribution < 1.29 is 14.6 Å². The predicted molar refractivity (Wildman–Crippen MR) is 107 cm³/mol. The third-order valence-electron chi connectivity index (χ3n) is 4.61. The molecule has 1 aliphatic rings. The summed E-state index contributed by atoms with van der Waals surface area (Å²) in [7, 11) is 0. The Hall–Kier alpha value is -1.40. The molecule has 2 unspecified atom stereocenters. The molecule has 1 saturated heterocycles. The summed E-state index contributed by atoms with van der Waals surface area (Å²) in [6.07, 6.45) is 0.525. The monoisotopic (exact) mass is 419 g/mol. The van der Waals surface area contributed by atoms with Crippen molar-refractivity contribution >= 4 is 15.9 Å². The lowest BCUT2D eigenvalue weighted by atomic mass is 10.1. The van der Waals surface area contributed by atoms with Crippen LogP contribution >= 0.6 is 15.9 Å². The topological polar surface area (TPSA) is 41.9 Å². The second-order valence-corrected chi connectivity index (χ2v) is 7.55. The number of halogens is 1. The van der Waals surface area contributed by atoms with Crippen LogP contribution < -0.4 is 4.74 Å². The first-order chi connectivity index (χ1) is 12.6. The number of benzene rings is 2. The van der Waals surface area contributed by atoms with Crippen molar-refractivity contribution in [2.45, 2.75) is 25.6 Å². The predicted octanol–water partition coefficient (Wildman–Crippen LogP) is 3.82. The molecule has 0 bridgehead atoms. The van der Waals surface area contributed by atoms with Gasteiger partial charge in [0, 0.05) is 24.1 Å². The van der Waals surface area contributed by atoms with Crippen LogP contribution in [-0.2, 0) is 11.2 Å². The van der Waals surface area contributed by atoms with Gasteiger partial charge in [-0.2, -0.15) is 0 Å². The average Bonchev–Trinajstić information content (AvgIpc) is 2.67. The number of ether oxygens (including phenoxy) is 2. The molecule has 0 radical (unpaired) electrons. The van der Waals surface area contributed by atoms with E-state index in [-0.39, 0.29) is 6.10 Å². The number of aliphatic hydroxyl groups excluding tert-OH is 1. The highest BCUT2D eigenvalue weighted by Crippen LogP contribution is 2.25. The number of β-amino-alcohol motifs (C(OH)–C–C–N with tert-alkyl or cyclic N) is 1. The number of hydrogen-bond donors (Lipinski definition) is 1. The van der Waals surface area contributed by atoms with Crippen LogP contribution in [0.25, 0.3) is 0 Å². The zero-order valence-electron chi connectivity index (χ0n) is 15.1. The highest BCUT2D eigenvalue weighted by atomic mass is 79.9. The Labute approximate surface area is 163 Å². The van der Waals surface area contributed by atoms with Gasteiger partial charge in [0.15, 0.2) is 0 Å². The Balaban J connectivity index is 1.48. The smallest absolute Gasteiger partial charge is 0.119 e. The zero-order chi connectivity index (χ0) is 18.4. The van der Waals surface area contributed by atoms with Gasteiger partial charge < -0.3 is 14.6 Å². The van der Waals surface area contributed by atoms with E-state index in [1.165, 1.54) is 5.56 Å². The average molecular weight is 420 g/mol. The summed E-state index contributed by atoms with van der Waals surface area (Å²) in [6.45, 7) is 5.28. The highest BCUT2D eigenvalue weighted by molar-refractivity contribution is 9.10. The quantitative estimate of drug-likeness (QED) is 0.740. The summed E-state index contributed by atoms with van der Waals surface area (Å²) in [4.78, 5) is 2.24. The molecule has 1 fully saturated rings. The molecule has 1 N–H and O–H groups in total. The van der Waals surface area contributed by atoms with Crippen LogP contribution in [0.15, 0.2) is 53.0 Å². The molecule has 2 aromatic rings. The largest absolute Gasteiger partial charge is 0.491 e. The number of morpholine rings is 1. The second kappa shape index (κ2) is 9.51. The molecule has 5 heteroatoms. The maximum absolute atomic E-state index is 10.3. The van der Waals surface area contributed by atoms with Crippen molar-refractivity contribution in [3.8, 4) is 5.75 Å². The van der Waals surface area contributed by atoms with E-state index in [0.29, 0.717) is 19.8 Å². The number of aliphatic hydroxyl groups is 1. The standard InChI is InChI=1S/C21H26BrNO3/c1-2-16-6-8-20(9-7-16)26-15-19(24)13-23-10-11-25-21(14-23)17-4-3-5-18(22)12-17/h3-9,12,19,21,24H,2,10-11,13-15H2,1H3. The molecule has 1 aliphatic heterocycles. The fourth-order valence-corrected chi connectivity index (χ4v) is 3.56. The third kappa shape index (κ3) is 5.55. The van der Waals surface area contributed by atoms with Crippen LogP contribution in [0.1, 0.15) is 24.2 Å². The second-order valence-electron chi connectivity index (χ2n) is 6.64. The summed E-state index contributed by atoms with van der Waals surface area (Å²) < 4.78 is 12.7. The van der Waals surface area contributed by atoms with Gasteiger partial charge in [-0.3, -0.25) is 4.90 Å². The molecule has 4 nitrogen and oxygen atoms in total. The lowest BCUT2D eigenvalue weighted by molar-refractivity contribution is -0.0459. The summed E-state index contributed by atoms with van der Waals surface area (Å²) in [5.74, 6) is 0.801. The number of aryl methyl sites for hydroxylation is 1. The van der Waals surface area contributed by atoms with E-state index < -0.39 is 6.10 Å². The summed E-state index contributed by atoms with van der Waals surface area (Å²) in [5.41, 5.74) is 2.44. The van der Waals surface area contributed by atoms with Crippen molar-refractivity contribution in [3.63, 3.8) is 0 Å². The molecule has 0 amide bonds. The SMILES string of the molecule is CCc1ccc(OCC(O)CN2CCOC(c3cccc(Br)c3)C2)cc1. The van der Waals surface area contributed by atoms with Gasteiger partial charge in [0.2, 0.25) is 0 Å². The van der Waals surface area contributed by atoms with Crippen LogP contribution in [0.3, 0.4) is 0 Å². The van der Waals surface area contributed by atoms with E-state index in [1.54, 1.807) is 0 Å². The third-order valence-corrected chi connectivity index (χ3v) is 5.11. The van der Waals surface area contributed by atoms with Gasteiger partial charge in [-0.05, 0) is 41.8 Å². The maximum Gasteiger partial charge on any atom is 0.119 e. The Kier molecular flexibility index (Phi) is 7.08. The van der Waals surface area contributed by atoms with Crippen molar-refractivity contribution in [1.29, 1.82) is 0 Å². The Morgan fingerprint density at radius 1 is 1.27 bits per heavy atom. The van der Waals surface area contributed by atoms with E-state index in [0.717, 1.165) is 35.3 Å². The molecule has 2 aromatic carbocycles. The van der Waals surface area contributed by atoms with Crippen molar-refractivity contribution in [2.75, 3.05) is 32.8 Å². The molecule has 2 atom stereocenters. The molecule has 1 heterocycles. The van der Waals surface area contributed by atoms with E-state index in [1.807, 2.05) is 24.3 Å². The van der Waals surface area contributed by atoms with Gasteiger partial charge in [-0.15, -0.1) is 0 Å². The minimum Gasteiger partial charge on any atom is -0.491 e. The molecule has 3 rings (SSSR count). The van der Waals surface area contributed by atoms with Gasteiger partial charge >= 0.3 is 0 Å². The van der Waals surface area contributed by atoms with E-state index in [4.69, 9.17) is 9.47 Å². The Morgan fingerprint density at radius 3 is 2.81 bits per heavy atom. The molecular weight excluding hydrogens is 394 g/mol. The molecule has 26 heavy (non-hydrogen) atoms. The number of nitrogens with zero attached hydrogens (tertiary/aromatic N) is 1. The fraction of sp³-hybridized carbons (Fsp3) is 0.429. The lowest BCUT2D eigenvalue weighted by Gasteiger charge is -2.34. The summed E-state index contributed by atoms with van der Waals surface area (Å²) in [5, 5.41) is 10.3. The Morgan fingerprint density at radius 2 is 2.08 bits per heavy atom. The van der Waals surface area contributed by atoms with Crippen LogP contribution in [0.5, 0.6) is 5.75 Å². The van der Waals surface area contributed by atoms with Crippen LogP contribution in [0, 0.1) is 0 Å². The number of hydrogen-bond acceptors (Lipinski definition) is 4. The molecule has 0 aliphatic carbocycles. The fourth-order valence-electron chi connectivity index (χ4n) is 3.14. The zero-order valence-corrected chi connectivity index (χ0v) is 16.7. The maximum atomic E-state index is 10.3. The highest BCUT2D eigenvalue weighted by Gasteiger charge is 2.23. The van der Waals surface area contributed by atoms with Gasteiger partial charge in [0.05, 0.1) is 12.7 Å². The number of rotatable bonds is 7. The van der Waals surface area contributed by atoms with Gasteiger partial charge in [0.25, 0.3) is 0 Å². The van der Waals surface area contributed by atoms with Crippen molar-refractivity contribution in [3.05, 3.63) is 64.1 Å². The summed E-state index contributed by atoms with van der Waals surface area (Å²) >= 11 is 3.51. The summed E-state index contributed by atoms with van der Waals surface area (Å²) in [6, 6.07) is 16.3. The lowest BCUT2D eigenvalue weighted by Crippen LogP contribution is -2.43. The first kappa shape index (κ1) is 19.4. The first-order valence-electron chi connectivity index (χ1n) is 9.13. The van der Waals surface area contributed by atoms with E-state index in [2.05, 4.69) is 52.0 Å². The van der Waals surface area contributed by atoms with Gasteiger partial charge in [0.1, 0.15) is 18.5 Å².